The van der Waals surface area contributed by atoms with Gasteiger partial charge < -0.3 is 20.1 Å². The van der Waals surface area contributed by atoms with Crippen LogP contribution in [0.5, 0.6) is 0 Å². The van der Waals surface area contributed by atoms with E-state index in [4.69, 9.17) is 9.47 Å². The molecule has 2 heterocycles. The standard InChI is InChI=1S/C48H39N4O8P/c1-59-47(57)39(30-18-6-3-7-19-30)49-41(53)33-24-12-16-28-37(33)45-51-43(55)35-26-14-15-27-36(35)44(56)52(51)46(61(45)32-22-10-5-11-23-32)38-29-17-13-25-34(38)42(54)50-40(48(58)60-2)31-20-8-4-9-21-31/h3-29,39-40,45-46H,1-2H3,(H,49,53)(H,50,54)/t39-,40-,45+,46+/m0/s1. The summed E-state index contributed by atoms with van der Waals surface area (Å²) in [7, 11) is 0.682. The Balaban J connectivity index is 1.35. The van der Waals surface area contributed by atoms with Crippen molar-refractivity contribution in [3.8, 4) is 0 Å². The molecule has 0 aliphatic carbocycles. The molecule has 1 aliphatic rings. The number of amides is 2. The number of ether oxygens (including phenoxy) is 2. The van der Waals surface area contributed by atoms with Crippen LogP contribution in [0.1, 0.15) is 66.6 Å². The van der Waals surface area contributed by atoms with Crippen molar-refractivity contribution in [1.29, 1.82) is 0 Å². The van der Waals surface area contributed by atoms with E-state index >= 15 is 9.59 Å². The van der Waals surface area contributed by atoms with Gasteiger partial charge in [-0.3, -0.25) is 19.2 Å². The zero-order valence-electron chi connectivity index (χ0n) is 33.0. The maximum absolute atomic E-state index is 15.0. The highest BCUT2D eigenvalue weighted by atomic mass is 31.1. The number of nitrogens with one attached hydrogen (secondary N) is 2. The van der Waals surface area contributed by atoms with Gasteiger partial charge >= 0.3 is 11.9 Å². The van der Waals surface area contributed by atoms with Gasteiger partial charge in [-0.25, -0.2) is 19.0 Å². The van der Waals surface area contributed by atoms with E-state index in [1.54, 1.807) is 133 Å². The summed E-state index contributed by atoms with van der Waals surface area (Å²) < 4.78 is 13.0. The lowest BCUT2D eigenvalue weighted by Crippen LogP contribution is -2.39. The number of benzene rings is 6. The number of esters is 2. The Kier molecular flexibility index (Phi) is 11.5. The van der Waals surface area contributed by atoms with Crippen molar-refractivity contribution in [2.75, 3.05) is 14.2 Å². The van der Waals surface area contributed by atoms with Gasteiger partial charge in [-0.15, -0.1) is 0 Å². The molecule has 304 valence electrons. The van der Waals surface area contributed by atoms with Crippen molar-refractivity contribution in [3.05, 3.63) is 218 Å². The molecule has 2 amide bonds. The van der Waals surface area contributed by atoms with Crippen LogP contribution in [0.4, 0.5) is 0 Å². The first-order valence-electron chi connectivity index (χ1n) is 19.4. The second kappa shape index (κ2) is 17.4. The SMILES string of the molecule is COC(=O)[C@@H](NC(=O)c1ccccc1[C@@H]1n2c(=O)c3ccccc3c(=O)n2[C@@H](c2ccccc2C(=O)N[C@H](C(=O)OC)c2ccccc2)P1c1ccccc1)c1ccccc1. The molecule has 4 atom stereocenters. The summed E-state index contributed by atoms with van der Waals surface area (Å²) >= 11 is 0. The van der Waals surface area contributed by atoms with Crippen LogP contribution >= 0.6 is 7.92 Å². The number of hydrogen-bond acceptors (Lipinski definition) is 8. The second-order valence-electron chi connectivity index (χ2n) is 14.2. The molecule has 8 rings (SSSR count). The molecule has 12 nitrogen and oxygen atoms in total. The zero-order valence-corrected chi connectivity index (χ0v) is 33.9. The van der Waals surface area contributed by atoms with Crippen molar-refractivity contribution in [2.24, 2.45) is 0 Å². The molecule has 0 fully saturated rings. The van der Waals surface area contributed by atoms with Gasteiger partial charge in [0, 0.05) is 11.1 Å². The molecule has 61 heavy (non-hydrogen) atoms. The topological polar surface area (TPSA) is 155 Å². The highest BCUT2D eigenvalue weighted by Gasteiger charge is 2.47. The quantitative estimate of drug-likeness (QED) is 0.113. The lowest BCUT2D eigenvalue weighted by Gasteiger charge is -2.28. The minimum absolute atomic E-state index is 0.162. The average Bonchev–Trinajstić information content (AvgIpc) is 3.68. The summed E-state index contributed by atoms with van der Waals surface area (Å²) in [5, 5.41) is 6.85. The van der Waals surface area contributed by atoms with Gasteiger partial charge in [-0.1, -0.05) is 140 Å². The highest BCUT2D eigenvalue weighted by molar-refractivity contribution is 7.66. The predicted octanol–water partition coefficient (Wildman–Crippen LogP) is 6.37. The van der Waals surface area contributed by atoms with E-state index in [0.717, 1.165) is 5.30 Å². The van der Waals surface area contributed by atoms with Gasteiger partial charge in [0.05, 0.1) is 25.0 Å². The Bertz CT molecular complexity index is 2720. The van der Waals surface area contributed by atoms with Gasteiger partial charge in [-0.05, 0) is 59.7 Å². The van der Waals surface area contributed by atoms with Gasteiger partial charge in [0.15, 0.2) is 12.1 Å². The zero-order chi connectivity index (χ0) is 42.6. The molecule has 0 unspecified atom stereocenters. The highest BCUT2D eigenvalue weighted by Crippen LogP contribution is 2.65. The third-order valence-corrected chi connectivity index (χ3v) is 13.7. The van der Waals surface area contributed by atoms with Crippen molar-refractivity contribution in [2.45, 2.75) is 23.6 Å². The van der Waals surface area contributed by atoms with Gasteiger partial charge in [0.1, 0.15) is 11.6 Å². The average molecular weight is 831 g/mol. The molecule has 7 aromatic rings. The molecule has 0 spiro atoms. The fraction of sp³-hybridized carbons (Fsp3) is 0.125. The lowest BCUT2D eigenvalue weighted by molar-refractivity contribution is -0.143. The largest absolute Gasteiger partial charge is 0.467 e. The summed E-state index contributed by atoms with van der Waals surface area (Å²) in [5.74, 6) is -4.49. The van der Waals surface area contributed by atoms with E-state index < -0.39 is 66.4 Å². The number of fused-ring (bicyclic) bond motifs is 2. The van der Waals surface area contributed by atoms with Crippen LogP contribution in [0, 0.1) is 0 Å². The normalized spacial score (nSPS) is 15.6. The first kappa shape index (κ1) is 40.4. The predicted molar refractivity (Wildman–Crippen MR) is 232 cm³/mol. The monoisotopic (exact) mass is 830 g/mol. The second-order valence-corrected chi connectivity index (χ2v) is 16.5. The van der Waals surface area contributed by atoms with E-state index in [1.165, 1.54) is 23.6 Å². The number of rotatable bonds is 11. The molecule has 0 saturated carbocycles. The van der Waals surface area contributed by atoms with E-state index in [9.17, 15) is 19.2 Å². The molecule has 13 heteroatoms. The maximum atomic E-state index is 15.0. The molecule has 0 bridgehead atoms. The fourth-order valence-electron chi connectivity index (χ4n) is 7.93. The van der Waals surface area contributed by atoms with Crippen molar-refractivity contribution < 1.29 is 28.7 Å². The third-order valence-electron chi connectivity index (χ3n) is 10.7. The Morgan fingerprint density at radius 1 is 0.492 bits per heavy atom. The number of methoxy groups -OCH3 is 2. The van der Waals surface area contributed by atoms with E-state index in [0.29, 0.717) is 22.3 Å². The summed E-state index contributed by atoms with van der Waals surface area (Å²) in [6.45, 7) is 0. The molecule has 1 aliphatic heterocycles. The van der Waals surface area contributed by atoms with Crippen LogP contribution in [0.2, 0.25) is 0 Å². The number of hydrogen-bond donors (Lipinski definition) is 2. The first-order valence-corrected chi connectivity index (χ1v) is 20.9. The minimum atomic E-state index is -1.80. The van der Waals surface area contributed by atoms with Crippen LogP contribution in [0.25, 0.3) is 10.8 Å². The fourth-order valence-corrected chi connectivity index (χ4v) is 11.2. The molecule has 0 saturated heterocycles. The molecular formula is C48H39N4O8P. The Labute approximate surface area is 351 Å². The summed E-state index contributed by atoms with van der Waals surface area (Å²) in [4.78, 5) is 85.5. The van der Waals surface area contributed by atoms with E-state index in [2.05, 4.69) is 10.6 Å². The van der Waals surface area contributed by atoms with E-state index in [-0.39, 0.29) is 21.9 Å². The lowest BCUT2D eigenvalue weighted by atomic mass is 10.0. The van der Waals surface area contributed by atoms with Gasteiger partial charge in [0.2, 0.25) is 0 Å². The Hall–Kier alpha value is -7.43. The first-order chi connectivity index (χ1) is 29.7. The number of carbonyl (C=O) groups excluding carboxylic acids is 4. The summed E-state index contributed by atoms with van der Waals surface area (Å²) in [6, 6.07) is 44.6. The molecule has 1 aromatic heterocycles. The van der Waals surface area contributed by atoms with E-state index in [1.807, 2.05) is 30.3 Å². The number of nitrogens with zero attached hydrogens (tertiary/aromatic N) is 2. The van der Waals surface area contributed by atoms with Crippen LogP contribution < -0.4 is 27.1 Å². The molecule has 0 radical (unpaired) electrons. The molecule has 6 aromatic carbocycles. The summed E-state index contributed by atoms with van der Waals surface area (Å²) in [5.41, 5.74) is 1.20. The Morgan fingerprint density at radius 2 is 0.836 bits per heavy atom. The molecular weight excluding hydrogens is 792 g/mol. The van der Waals surface area contributed by atoms with Crippen LogP contribution in [0.15, 0.2) is 173 Å². The van der Waals surface area contributed by atoms with Crippen molar-refractivity contribution in [3.63, 3.8) is 0 Å². The third kappa shape index (κ3) is 7.54. The number of carbonyl (C=O) groups is 4. The smallest absolute Gasteiger partial charge is 0.333 e. The van der Waals surface area contributed by atoms with Crippen molar-refractivity contribution >= 4 is 47.8 Å². The van der Waals surface area contributed by atoms with Crippen LogP contribution in [0.3, 0.4) is 0 Å². The summed E-state index contributed by atoms with van der Waals surface area (Å²) in [6.07, 6.45) is 0. The van der Waals surface area contributed by atoms with Crippen LogP contribution in [-0.2, 0) is 19.1 Å². The molecule has 2 N–H and O–H groups in total. The van der Waals surface area contributed by atoms with Crippen LogP contribution in [-0.4, -0.2) is 47.3 Å². The minimum Gasteiger partial charge on any atom is -0.467 e. The van der Waals surface area contributed by atoms with Gasteiger partial charge in [-0.2, -0.15) is 0 Å². The maximum Gasteiger partial charge on any atom is 0.333 e. The number of aromatic nitrogens is 2. The van der Waals surface area contributed by atoms with Crippen molar-refractivity contribution in [1.82, 2.24) is 20.0 Å². The van der Waals surface area contributed by atoms with Gasteiger partial charge in [0.25, 0.3) is 22.9 Å². The Morgan fingerprint density at radius 3 is 1.23 bits per heavy atom.